The van der Waals surface area contributed by atoms with Crippen LogP contribution in [0.25, 0.3) is 10.6 Å². The average Bonchev–Trinajstić information content (AvgIpc) is 2.81. The number of fused-ring (bicyclic) bond motifs is 1. The van der Waals surface area contributed by atoms with Gasteiger partial charge in [-0.1, -0.05) is 13.8 Å². The van der Waals surface area contributed by atoms with Gasteiger partial charge in [0, 0.05) is 31.8 Å². The Labute approximate surface area is 129 Å². The lowest BCUT2D eigenvalue weighted by Gasteiger charge is -2.26. The number of benzene rings is 1. The summed E-state index contributed by atoms with van der Waals surface area (Å²) >= 11 is 1.54. The normalized spacial score (nSPS) is 16.7. The Kier molecular flexibility index (Phi) is 3.36. The molecule has 0 saturated heterocycles. The summed E-state index contributed by atoms with van der Waals surface area (Å²) in [6, 6.07) is 8.33. The number of nitrogens with zero attached hydrogens (tertiary/aromatic N) is 2. The fraction of sp³-hybridized carbons (Fsp3) is 0.412. The molecule has 0 radical (unpaired) electrons. The second-order valence-corrected chi connectivity index (χ2v) is 7.68. The van der Waals surface area contributed by atoms with Crippen LogP contribution in [0.5, 0.6) is 0 Å². The fourth-order valence-electron chi connectivity index (χ4n) is 2.75. The molecule has 110 valence electrons. The lowest BCUT2D eigenvalue weighted by atomic mass is 9.78. The molecule has 0 bridgehead atoms. The van der Waals surface area contributed by atoms with Crippen LogP contribution in [-0.2, 0) is 6.42 Å². The molecule has 1 aliphatic rings. The van der Waals surface area contributed by atoms with E-state index in [4.69, 9.17) is 4.98 Å². The molecule has 1 aromatic heterocycles. The minimum Gasteiger partial charge on any atom is -0.378 e. The Hall–Kier alpha value is -1.68. The number of ketones is 1. The molecule has 4 heteroatoms. The van der Waals surface area contributed by atoms with E-state index in [-0.39, 0.29) is 11.2 Å². The standard InChI is InChI=1S/C17H20N2OS/c1-17(2)9-13-15(14(20)10-17)21-16(18-13)11-5-7-12(8-6-11)19(3)4/h5-8H,9-10H2,1-4H3. The lowest BCUT2D eigenvalue weighted by molar-refractivity contribution is 0.0916. The van der Waals surface area contributed by atoms with Crippen LogP contribution in [0, 0.1) is 5.41 Å². The van der Waals surface area contributed by atoms with Crippen molar-refractivity contribution in [2.75, 3.05) is 19.0 Å². The smallest absolute Gasteiger partial charge is 0.175 e. The van der Waals surface area contributed by atoms with Crippen LogP contribution in [-0.4, -0.2) is 24.9 Å². The van der Waals surface area contributed by atoms with Crippen molar-refractivity contribution in [1.29, 1.82) is 0 Å². The van der Waals surface area contributed by atoms with Gasteiger partial charge in [-0.3, -0.25) is 4.79 Å². The maximum atomic E-state index is 12.3. The molecule has 0 fully saturated rings. The third-order valence-corrected chi connectivity index (χ3v) is 5.05. The summed E-state index contributed by atoms with van der Waals surface area (Å²) < 4.78 is 0. The van der Waals surface area contributed by atoms with Crippen LogP contribution >= 0.6 is 11.3 Å². The molecular weight excluding hydrogens is 280 g/mol. The van der Waals surface area contributed by atoms with Gasteiger partial charge in [0.2, 0.25) is 0 Å². The number of thiazole rings is 1. The van der Waals surface area contributed by atoms with Crippen LogP contribution in [0.2, 0.25) is 0 Å². The average molecular weight is 300 g/mol. The van der Waals surface area contributed by atoms with Crippen LogP contribution in [0.15, 0.2) is 24.3 Å². The van der Waals surface area contributed by atoms with Gasteiger partial charge in [0.1, 0.15) is 5.01 Å². The maximum Gasteiger partial charge on any atom is 0.175 e. The highest BCUT2D eigenvalue weighted by Gasteiger charge is 2.33. The van der Waals surface area contributed by atoms with Gasteiger partial charge in [-0.05, 0) is 36.1 Å². The highest BCUT2D eigenvalue weighted by atomic mass is 32.1. The molecule has 1 aliphatic carbocycles. The van der Waals surface area contributed by atoms with Gasteiger partial charge in [-0.25, -0.2) is 4.98 Å². The van der Waals surface area contributed by atoms with Crippen LogP contribution in [0.1, 0.15) is 35.6 Å². The van der Waals surface area contributed by atoms with Gasteiger partial charge in [-0.15, -0.1) is 11.3 Å². The second-order valence-electron chi connectivity index (χ2n) is 6.68. The number of Topliss-reactive ketones (excluding diaryl/α,β-unsaturated/α-hetero) is 1. The summed E-state index contributed by atoms with van der Waals surface area (Å²) in [4.78, 5) is 19.9. The molecule has 0 saturated carbocycles. The predicted molar refractivity (Wildman–Crippen MR) is 88.3 cm³/mol. The number of rotatable bonds is 2. The van der Waals surface area contributed by atoms with Gasteiger partial charge in [0.05, 0.1) is 10.6 Å². The predicted octanol–water partition coefficient (Wildman–Crippen LogP) is 4.03. The monoisotopic (exact) mass is 300 g/mol. The van der Waals surface area contributed by atoms with Crippen LogP contribution in [0.4, 0.5) is 5.69 Å². The molecule has 0 aliphatic heterocycles. The summed E-state index contributed by atoms with van der Waals surface area (Å²) in [7, 11) is 4.05. The zero-order valence-corrected chi connectivity index (χ0v) is 13.8. The molecular formula is C17H20N2OS. The number of aromatic nitrogens is 1. The number of hydrogen-bond donors (Lipinski definition) is 0. The summed E-state index contributed by atoms with van der Waals surface area (Å²) in [5.41, 5.74) is 3.26. The first kappa shape index (κ1) is 14.3. The highest BCUT2D eigenvalue weighted by molar-refractivity contribution is 7.17. The van der Waals surface area contributed by atoms with Crippen molar-refractivity contribution in [3.63, 3.8) is 0 Å². The molecule has 3 nitrogen and oxygen atoms in total. The molecule has 0 amide bonds. The third-order valence-electron chi connectivity index (χ3n) is 3.87. The Morgan fingerprint density at radius 3 is 2.43 bits per heavy atom. The highest BCUT2D eigenvalue weighted by Crippen LogP contribution is 2.39. The van der Waals surface area contributed by atoms with Gasteiger partial charge in [0.25, 0.3) is 0 Å². The molecule has 0 spiro atoms. The van der Waals surface area contributed by atoms with Gasteiger partial charge in [0.15, 0.2) is 5.78 Å². The first-order chi connectivity index (χ1) is 9.85. The molecule has 1 heterocycles. The summed E-state index contributed by atoms with van der Waals surface area (Å²) in [6.45, 7) is 4.28. The van der Waals surface area contributed by atoms with E-state index in [1.165, 1.54) is 11.3 Å². The zero-order chi connectivity index (χ0) is 15.2. The first-order valence-corrected chi connectivity index (χ1v) is 7.98. The minimum absolute atomic E-state index is 0.0320. The minimum atomic E-state index is 0.0320. The van der Waals surface area contributed by atoms with Crippen molar-refractivity contribution in [1.82, 2.24) is 4.98 Å². The van der Waals surface area contributed by atoms with E-state index in [2.05, 4.69) is 43.0 Å². The van der Waals surface area contributed by atoms with Crippen molar-refractivity contribution in [2.45, 2.75) is 26.7 Å². The van der Waals surface area contributed by atoms with Crippen molar-refractivity contribution in [2.24, 2.45) is 5.41 Å². The van der Waals surface area contributed by atoms with Crippen LogP contribution < -0.4 is 4.90 Å². The summed E-state index contributed by atoms with van der Waals surface area (Å²) in [5, 5.41) is 0.955. The Morgan fingerprint density at radius 1 is 1.14 bits per heavy atom. The Morgan fingerprint density at radius 2 is 1.81 bits per heavy atom. The second kappa shape index (κ2) is 4.95. The van der Waals surface area contributed by atoms with E-state index < -0.39 is 0 Å². The number of anilines is 1. The molecule has 0 unspecified atom stereocenters. The molecule has 3 rings (SSSR count). The van der Waals surface area contributed by atoms with E-state index in [1.807, 2.05) is 14.1 Å². The zero-order valence-electron chi connectivity index (χ0n) is 12.9. The van der Waals surface area contributed by atoms with E-state index >= 15 is 0 Å². The molecule has 1 aromatic carbocycles. The Balaban J connectivity index is 1.96. The van der Waals surface area contributed by atoms with Crippen LogP contribution in [0.3, 0.4) is 0 Å². The van der Waals surface area contributed by atoms with Gasteiger partial charge < -0.3 is 4.90 Å². The molecule has 21 heavy (non-hydrogen) atoms. The number of carbonyl (C=O) groups excluding carboxylic acids is 1. The first-order valence-electron chi connectivity index (χ1n) is 7.16. The lowest BCUT2D eigenvalue weighted by Crippen LogP contribution is -2.25. The summed E-state index contributed by atoms with van der Waals surface area (Å²) in [5.74, 6) is 0.245. The molecule has 0 atom stereocenters. The largest absolute Gasteiger partial charge is 0.378 e. The third kappa shape index (κ3) is 2.72. The number of carbonyl (C=O) groups is 1. The van der Waals surface area contributed by atoms with Gasteiger partial charge >= 0.3 is 0 Å². The van der Waals surface area contributed by atoms with Crippen molar-refractivity contribution < 1.29 is 4.79 Å². The van der Waals surface area contributed by atoms with Crippen molar-refractivity contribution >= 4 is 22.8 Å². The number of hydrogen-bond acceptors (Lipinski definition) is 4. The van der Waals surface area contributed by atoms with Gasteiger partial charge in [-0.2, -0.15) is 0 Å². The van der Waals surface area contributed by atoms with E-state index in [1.54, 1.807) is 0 Å². The summed E-state index contributed by atoms with van der Waals surface area (Å²) in [6.07, 6.45) is 1.52. The molecule has 2 aromatic rings. The Bertz CT molecular complexity index is 683. The topological polar surface area (TPSA) is 33.2 Å². The van der Waals surface area contributed by atoms with E-state index in [0.717, 1.165) is 33.3 Å². The van der Waals surface area contributed by atoms with Crippen molar-refractivity contribution in [3.8, 4) is 10.6 Å². The van der Waals surface area contributed by atoms with Crippen molar-refractivity contribution in [3.05, 3.63) is 34.8 Å². The van der Waals surface area contributed by atoms with E-state index in [9.17, 15) is 4.79 Å². The maximum absolute atomic E-state index is 12.3. The molecule has 0 N–H and O–H groups in total. The SMILES string of the molecule is CN(C)c1ccc(-c2nc3c(s2)C(=O)CC(C)(C)C3)cc1. The quantitative estimate of drug-likeness (QED) is 0.839. The van der Waals surface area contributed by atoms with E-state index in [0.29, 0.717) is 6.42 Å². The fourth-order valence-corrected chi connectivity index (χ4v) is 3.77.